The molecule has 0 bridgehead atoms. The standard InChI is InChI=1S/C18H18N4O3/c1-11-4-6-15(8-12(11)2)20-16(23)10-22-9-14(5-7-17(22)24)18-19-13(3)21-25-18/h4-9H,10H2,1-3H3,(H,20,23). The van der Waals surface area contributed by atoms with Gasteiger partial charge in [0.15, 0.2) is 5.82 Å². The van der Waals surface area contributed by atoms with Gasteiger partial charge in [0.1, 0.15) is 6.54 Å². The lowest BCUT2D eigenvalue weighted by Crippen LogP contribution is -2.26. The number of aromatic nitrogens is 3. The summed E-state index contributed by atoms with van der Waals surface area (Å²) in [5.41, 5.74) is 3.24. The van der Waals surface area contributed by atoms with Crippen molar-refractivity contribution in [3.63, 3.8) is 0 Å². The van der Waals surface area contributed by atoms with Crippen molar-refractivity contribution in [2.45, 2.75) is 27.3 Å². The van der Waals surface area contributed by atoms with Crippen molar-refractivity contribution >= 4 is 11.6 Å². The molecule has 7 heteroatoms. The summed E-state index contributed by atoms with van der Waals surface area (Å²) < 4.78 is 6.40. The Hall–Kier alpha value is -3.22. The van der Waals surface area contributed by atoms with E-state index in [-0.39, 0.29) is 18.0 Å². The van der Waals surface area contributed by atoms with Gasteiger partial charge in [-0.15, -0.1) is 0 Å². The minimum Gasteiger partial charge on any atom is -0.334 e. The van der Waals surface area contributed by atoms with E-state index < -0.39 is 0 Å². The summed E-state index contributed by atoms with van der Waals surface area (Å²) in [6.45, 7) is 5.59. The van der Waals surface area contributed by atoms with Crippen LogP contribution in [0.25, 0.3) is 11.5 Å². The molecule has 0 aliphatic heterocycles. The second-order valence-corrected chi connectivity index (χ2v) is 5.88. The number of nitrogens with zero attached hydrogens (tertiary/aromatic N) is 3. The minimum absolute atomic E-state index is 0.104. The van der Waals surface area contributed by atoms with Crippen LogP contribution >= 0.6 is 0 Å². The van der Waals surface area contributed by atoms with Crippen molar-refractivity contribution in [1.29, 1.82) is 0 Å². The van der Waals surface area contributed by atoms with Crippen LogP contribution in [-0.2, 0) is 11.3 Å². The zero-order chi connectivity index (χ0) is 18.0. The minimum atomic E-state index is -0.288. The normalized spacial score (nSPS) is 10.7. The number of rotatable bonds is 4. The number of hydrogen-bond donors (Lipinski definition) is 1. The summed E-state index contributed by atoms with van der Waals surface area (Å²) in [7, 11) is 0. The van der Waals surface area contributed by atoms with E-state index >= 15 is 0 Å². The molecule has 3 aromatic rings. The summed E-state index contributed by atoms with van der Waals surface area (Å²) >= 11 is 0. The summed E-state index contributed by atoms with van der Waals surface area (Å²) in [6, 6.07) is 8.63. The molecular formula is C18H18N4O3. The number of nitrogens with one attached hydrogen (secondary N) is 1. The molecule has 0 spiro atoms. The van der Waals surface area contributed by atoms with E-state index in [0.29, 0.717) is 23.0 Å². The number of carbonyl (C=O) groups excluding carboxylic acids is 1. The first-order valence-electron chi connectivity index (χ1n) is 7.80. The van der Waals surface area contributed by atoms with E-state index in [9.17, 15) is 9.59 Å². The molecule has 0 saturated heterocycles. The van der Waals surface area contributed by atoms with Crippen LogP contribution in [-0.4, -0.2) is 20.6 Å². The fourth-order valence-corrected chi connectivity index (χ4v) is 2.37. The van der Waals surface area contributed by atoms with E-state index in [0.717, 1.165) is 11.1 Å². The van der Waals surface area contributed by atoms with Gasteiger partial charge in [-0.3, -0.25) is 9.59 Å². The first-order valence-corrected chi connectivity index (χ1v) is 7.80. The van der Waals surface area contributed by atoms with Crippen LogP contribution in [0.4, 0.5) is 5.69 Å². The van der Waals surface area contributed by atoms with Gasteiger partial charge in [-0.05, 0) is 50.1 Å². The van der Waals surface area contributed by atoms with Crippen LogP contribution < -0.4 is 10.9 Å². The van der Waals surface area contributed by atoms with Gasteiger partial charge in [0.05, 0.1) is 5.56 Å². The van der Waals surface area contributed by atoms with Gasteiger partial charge in [0.25, 0.3) is 11.4 Å². The van der Waals surface area contributed by atoms with E-state index in [1.807, 2.05) is 32.0 Å². The fraction of sp³-hybridized carbons (Fsp3) is 0.222. The second kappa shape index (κ2) is 6.72. The zero-order valence-corrected chi connectivity index (χ0v) is 14.2. The molecule has 1 N–H and O–H groups in total. The van der Waals surface area contributed by atoms with Gasteiger partial charge >= 0.3 is 0 Å². The number of carbonyl (C=O) groups is 1. The fourth-order valence-electron chi connectivity index (χ4n) is 2.37. The topological polar surface area (TPSA) is 90.0 Å². The second-order valence-electron chi connectivity index (χ2n) is 5.88. The van der Waals surface area contributed by atoms with Crippen LogP contribution in [0.15, 0.2) is 45.8 Å². The number of hydrogen-bond acceptors (Lipinski definition) is 5. The Kier molecular flexibility index (Phi) is 4.47. The van der Waals surface area contributed by atoms with Crippen molar-refractivity contribution in [2.24, 2.45) is 0 Å². The molecule has 128 valence electrons. The smallest absolute Gasteiger partial charge is 0.259 e. The third-order valence-corrected chi connectivity index (χ3v) is 3.86. The Morgan fingerprint density at radius 3 is 2.64 bits per heavy atom. The highest BCUT2D eigenvalue weighted by molar-refractivity contribution is 5.90. The Bertz CT molecular complexity index is 988. The van der Waals surface area contributed by atoms with Crippen LogP contribution in [0.3, 0.4) is 0 Å². The highest BCUT2D eigenvalue weighted by Crippen LogP contribution is 2.16. The molecule has 2 aromatic heterocycles. The van der Waals surface area contributed by atoms with Crippen LogP contribution in [0.2, 0.25) is 0 Å². The third-order valence-electron chi connectivity index (χ3n) is 3.86. The van der Waals surface area contributed by atoms with Crippen LogP contribution in [0.1, 0.15) is 17.0 Å². The summed E-state index contributed by atoms with van der Waals surface area (Å²) in [6.07, 6.45) is 1.54. The molecule has 1 amide bonds. The van der Waals surface area contributed by atoms with Crippen molar-refractivity contribution in [3.05, 3.63) is 63.8 Å². The van der Waals surface area contributed by atoms with Crippen molar-refractivity contribution in [2.75, 3.05) is 5.32 Å². The number of aryl methyl sites for hydroxylation is 3. The predicted molar refractivity (Wildman–Crippen MR) is 93.3 cm³/mol. The maximum atomic E-state index is 12.3. The SMILES string of the molecule is Cc1noc(-c2ccc(=O)n(CC(=O)Nc3ccc(C)c(C)c3)c2)n1. The van der Waals surface area contributed by atoms with Crippen LogP contribution in [0.5, 0.6) is 0 Å². The molecule has 0 fully saturated rings. The average molecular weight is 338 g/mol. The zero-order valence-electron chi connectivity index (χ0n) is 14.2. The monoisotopic (exact) mass is 338 g/mol. The van der Waals surface area contributed by atoms with Gasteiger partial charge in [-0.25, -0.2) is 0 Å². The van der Waals surface area contributed by atoms with Gasteiger partial charge in [-0.2, -0.15) is 4.98 Å². The van der Waals surface area contributed by atoms with Crippen molar-refractivity contribution < 1.29 is 9.32 Å². The van der Waals surface area contributed by atoms with Gasteiger partial charge in [0.2, 0.25) is 5.91 Å². The van der Waals surface area contributed by atoms with Gasteiger partial charge < -0.3 is 14.4 Å². The Labute approximate surface area is 144 Å². The molecule has 1 aromatic carbocycles. The van der Waals surface area contributed by atoms with Crippen molar-refractivity contribution in [1.82, 2.24) is 14.7 Å². The third kappa shape index (κ3) is 3.82. The highest BCUT2D eigenvalue weighted by atomic mass is 16.5. The lowest BCUT2D eigenvalue weighted by molar-refractivity contribution is -0.116. The maximum Gasteiger partial charge on any atom is 0.259 e. The predicted octanol–water partition coefficient (Wildman–Crippen LogP) is 2.46. The molecule has 0 saturated carbocycles. The number of anilines is 1. The maximum absolute atomic E-state index is 12.3. The van der Waals surface area contributed by atoms with E-state index in [1.54, 1.807) is 13.0 Å². The Morgan fingerprint density at radius 1 is 1.16 bits per heavy atom. The number of amides is 1. The quantitative estimate of drug-likeness (QED) is 0.789. The Balaban J connectivity index is 1.78. The molecule has 0 unspecified atom stereocenters. The van der Waals surface area contributed by atoms with E-state index in [4.69, 9.17) is 4.52 Å². The Morgan fingerprint density at radius 2 is 1.96 bits per heavy atom. The lowest BCUT2D eigenvalue weighted by Gasteiger charge is -2.09. The first kappa shape index (κ1) is 16.6. The first-order chi connectivity index (χ1) is 11.9. The van der Waals surface area contributed by atoms with Crippen molar-refractivity contribution in [3.8, 4) is 11.5 Å². The van der Waals surface area contributed by atoms with E-state index in [2.05, 4.69) is 15.5 Å². The molecule has 0 atom stereocenters. The number of benzene rings is 1. The number of pyridine rings is 1. The van der Waals surface area contributed by atoms with Crippen LogP contribution in [0, 0.1) is 20.8 Å². The molecular weight excluding hydrogens is 320 g/mol. The molecule has 2 heterocycles. The summed E-state index contributed by atoms with van der Waals surface area (Å²) in [5.74, 6) is 0.519. The molecule has 25 heavy (non-hydrogen) atoms. The van der Waals surface area contributed by atoms with Gasteiger partial charge in [-0.1, -0.05) is 11.2 Å². The molecule has 3 rings (SSSR count). The molecule has 7 nitrogen and oxygen atoms in total. The average Bonchev–Trinajstić information content (AvgIpc) is 2.99. The molecule has 0 radical (unpaired) electrons. The molecule has 0 aliphatic rings. The summed E-state index contributed by atoms with van der Waals surface area (Å²) in [4.78, 5) is 28.4. The molecule has 0 aliphatic carbocycles. The lowest BCUT2D eigenvalue weighted by atomic mass is 10.1. The largest absolute Gasteiger partial charge is 0.334 e. The van der Waals surface area contributed by atoms with Gasteiger partial charge in [0, 0.05) is 18.0 Å². The van der Waals surface area contributed by atoms with E-state index in [1.165, 1.54) is 16.8 Å². The highest BCUT2D eigenvalue weighted by Gasteiger charge is 2.11. The summed E-state index contributed by atoms with van der Waals surface area (Å²) in [5, 5.41) is 6.52.